The molecule has 0 fully saturated rings. The van der Waals surface area contributed by atoms with E-state index in [1.165, 1.54) is 12.1 Å². The van der Waals surface area contributed by atoms with Crippen molar-refractivity contribution in [2.75, 3.05) is 12.4 Å². The molecule has 2 aromatic carbocycles. The number of H-pyrrole nitrogens is 1. The molecule has 0 aliphatic heterocycles. The van der Waals surface area contributed by atoms with Crippen molar-refractivity contribution < 1.29 is 18.3 Å². The Morgan fingerprint density at radius 3 is 2.68 bits per heavy atom. The number of aromatic nitrogens is 2. The van der Waals surface area contributed by atoms with Crippen LogP contribution >= 0.6 is 0 Å². The van der Waals surface area contributed by atoms with E-state index >= 15 is 0 Å². The average Bonchev–Trinajstić information content (AvgIpc) is 3.38. The SMILES string of the molecule is COc1ccccc1-c1cc(NC(=O)c2ccc(-c3ccc(F)cc3)o2)n[nH]1. The molecule has 7 heteroatoms. The number of para-hydroxylation sites is 1. The van der Waals surface area contributed by atoms with Crippen LogP contribution in [0.25, 0.3) is 22.6 Å². The van der Waals surface area contributed by atoms with Gasteiger partial charge in [-0.15, -0.1) is 0 Å². The lowest BCUT2D eigenvalue weighted by Crippen LogP contribution is -2.11. The van der Waals surface area contributed by atoms with Crippen LogP contribution in [0.4, 0.5) is 10.2 Å². The van der Waals surface area contributed by atoms with E-state index in [4.69, 9.17) is 9.15 Å². The van der Waals surface area contributed by atoms with E-state index in [2.05, 4.69) is 15.5 Å². The summed E-state index contributed by atoms with van der Waals surface area (Å²) in [6.45, 7) is 0. The van der Waals surface area contributed by atoms with Gasteiger partial charge in [0.25, 0.3) is 5.91 Å². The summed E-state index contributed by atoms with van der Waals surface area (Å²) in [4.78, 5) is 12.4. The molecule has 2 heterocycles. The van der Waals surface area contributed by atoms with Gasteiger partial charge < -0.3 is 14.5 Å². The average molecular weight is 377 g/mol. The Balaban J connectivity index is 1.50. The molecule has 0 spiro atoms. The number of ether oxygens (including phenoxy) is 1. The zero-order valence-corrected chi connectivity index (χ0v) is 14.9. The standard InChI is InChI=1S/C21H16FN3O3/c1-27-18-5-3-2-4-15(18)16-12-20(25-24-16)23-21(26)19-11-10-17(28-19)13-6-8-14(22)9-7-13/h2-12H,1H3,(H2,23,24,25,26). The number of carbonyl (C=O) groups is 1. The number of amides is 1. The van der Waals surface area contributed by atoms with Crippen LogP contribution in [0.2, 0.25) is 0 Å². The summed E-state index contributed by atoms with van der Waals surface area (Å²) in [7, 11) is 1.59. The van der Waals surface area contributed by atoms with Gasteiger partial charge in [-0.2, -0.15) is 5.10 Å². The molecule has 0 bridgehead atoms. The minimum absolute atomic E-state index is 0.126. The van der Waals surface area contributed by atoms with Gasteiger partial charge in [0.05, 0.1) is 12.8 Å². The zero-order valence-electron chi connectivity index (χ0n) is 14.9. The van der Waals surface area contributed by atoms with Crippen molar-refractivity contribution in [3.8, 4) is 28.3 Å². The maximum atomic E-state index is 13.0. The Bertz CT molecular complexity index is 1120. The number of rotatable bonds is 5. The molecule has 0 aliphatic carbocycles. The van der Waals surface area contributed by atoms with Crippen LogP contribution in [-0.4, -0.2) is 23.2 Å². The Kier molecular flexibility index (Phi) is 4.63. The minimum atomic E-state index is -0.438. The van der Waals surface area contributed by atoms with Gasteiger partial charge >= 0.3 is 0 Å². The number of hydrogen-bond donors (Lipinski definition) is 2. The number of nitrogens with one attached hydrogen (secondary N) is 2. The van der Waals surface area contributed by atoms with Gasteiger partial charge in [-0.05, 0) is 48.5 Å². The Hall–Kier alpha value is -3.87. The first-order valence-electron chi connectivity index (χ1n) is 8.50. The second kappa shape index (κ2) is 7.40. The number of aromatic amines is 1. The molecule has 2 aromatic heterocycles. The molecular weight excluding hydrogens is 361 g/mol. The normalized spacial score (nSPS) is 10.6. The third-order valence-corrected chi connectivity index (χ3v) is 4.18. The maximum Gasteiger partial charge on any atom is 0.292 e. The third kappa shape index (κ3) is 3.50. The topological polar surface area (TPSA) is 80.2 Å². The summed E-state index contributed by atoms with van der Waals surface area (Å²) in [5.74, 6) is 0.872. The first-order valence-corrected chi connectivity index (χ1v) is 8.50. The van der Waals surface area contributed by atoms with E-state index in [1.807, 2.05) is 24.3 Å². The Morgan fingerprint density at radius 1 is 1.11 bits per heavy atom. The van der Waals surface area contributed by atoms with Crippen molar-refractivity contribution in [3.63, 3.8) is 0 Å². The fourth-order valence-electron chi connectivity index (χ4n) is 2.80. The summed E-state index contributed by atoms with van der Waals surface area (Å²) in [6, 6.07) is 18.3. The Labute approximate surface area is 160 Å². The molecule has 4 aromatic rings. The first kappa shape index (κ1) is 17.5. The van der Waals surface area contributed by atoms with Crippen molar-refractivity contribution in [3.05, 3.63) is 78.3 Å². The number of methoxy groups -OCH3 is 1. The van der Waals surface area contributed by atoms with Crippen LogP contribution in [-0.2, 0) is 0 Å². The lowest BCUT2D eigenvalue weighted by Gasteiger charge is -2.05. The summed E-state index contributed by atoms with van der Waals surface area (Å²) < 4.78 is 24.0. The highest BCUT2D eigenvalue weighted by molar-refractivity contribution is 6.02. The largest absolute Gasteiger partial charge is 0.496 e. The van der Waals surface area contributed by atoms with Gasteiger partial charge in [0.15, 0.2) is 11.6 Å². The van der Waals surface area contributed by atoms with Crippen molar-refractivity contribution in [2.45, 2.75) is 0 Å². The summed E-state index contributed by atoms with van der Waals surface area (Å²) in [5, 5.41) is 9.68. The number of carbonyl (C=O) groups excluding carboxylic acids is 1. The van der Waals surface area contributed by atoms with Crippen LogP contribution in [0.1, 0.15) is 10.6 Å². The molecule has 4 rings (SSSR count). The summed E-state index contributed by atoms with van der Waals surface area (Å²) >= 11 is 0. The molecule has 0 unspecified atom stereocenters. The number of furan rings is 1. The van der Waals surface area contributed by atoms with E-state index < -0.39 is 5.91 Å². The molecule has 28 heavy (non-hydrogen) atoms. The lowest BCUT2D eigenvalue weighted by atomic mass is 10.1. The number of anilines is 1. The minimum Gasteiger partial charge on any atom is -0.496 e. The predicted octanol–water partition coefficient (Wildman–Crippen LogP) is 4.74. The van der Waals surface area contributed by atoms with E-state index in [0.717, 1.165) is 5.56 Å². The number of nitrogens with zero attached hydrogens (tertiary/aromatic N) is 1. The summed E-state index contributed by atoms with van der Waals surface area (Å²) in [6.07, 6.45) is 0. The summed E-state index contributed by atoms with van der Waals surface area (Å²) in [5.41, 5.74) is 2.22. The number of benzene rings is 2. The lowest BCUT2D eigenvalue weighted by molar-refractivity contribution is 0.0997. The van der Waals surface area contributed by atoms with Crippen LogP contribution in [0.5, 0.6) is 5.75 Å². The van der Waals surface area contributed by atoms with Crippen molar-refractivity contribution >= 4 is 11.7 Å². The van der Waals surface area contributed by atoms with Gasteiger partial charge in [0.1, 0.15) is 17.3 Å². The molecule has 0 saturated heterocycles. The van der Waals surface area contributed by atoms with Crippen molar-refractivity contribution in [1.29, 1.82) is 0 Å². The van der Waals surface area contributed by atoms with E-state index in [9.17, 15) is 9.18 Å². The van der Waals surface area contributed by atoms with Crippen molar-refractivity contribution in [1.82, 2.24) is 10.2 Å². The first-order chi connectivity index (χ1) is 13.6. The maximum absolute atomic E-state index is 13.0. The molecule has 2 N–H and O–H groups in total. The monoisotopic (exact) mass is 377 g/mol. The van der Waals surface area contributed by atoms with E-state index in [1.54, 1.807) is 37.4 Å². The molecule has 0 saturated carbocycles. The zero-order chi connectivity index (χ0) is 19.5. The highest BCUT2D eigenvalue weighted by atomic mass is 19.1. The van der Waals surface area contributed by atoms with Crippen LogP contribution in [0, 0.1) is 5.82 Å². The number of hydrogen-bond acceptors (Lipinski definition) is 4. The molecule has 0 atom stereocenters. The highest BCUT2D eigenvalue weighted by Crippen LogP contribution is 2.29. The third-order valence-electron chi connectivity index (χ3n) is 4.18. The van der Waals surface area contributed by atoms with Gasteiger partial charge in [-0.25, -0.2) is 4.39 Å². The molecule has 1 amide bonds. The highest BCUT2D eigenvalue weighted by Gasteiger charge is 2.15. The van der Waals surface area contributed by atoms with Gasteiger partial charge in [0.2, 0.25) is 0 Å². The van der Waals surface area contributed by atoms with Crippen LogP contribution in [0.3, 0.4) is 0 Å². The number of halogens is 1. The smallest absolute Gasteiger partial charge is 0.292 e. The molecule has 6 nitrogen and oxygen atoms in total. The predicted molar refractivity (Wildman–Crippen MR) is 103 cm³/mol. The quantitative estimate of drug-likeness (QED) is 0.527. The van der Waals surface area contributed by atoms with Gasteiger partial charge in [-0.3, -0.25) is 9.89 Å². The van der Waals surface area contributed by atoms with E-state index in [0.29, 0.717) is 28.6 Å². The van der Waals surface area contributed by atoms with Crippen molar-refractivity contribution in [2.24, 2.45) is 0 Å². The molecule has 140 valence electrons. The van der Waals surface area contributed by atoms with Gasteiger partial charge in [0, 0.05) is 17.2 Å². The second-order valence-corrected chi connectivity index (χ2v) is 5.99. The van der Waals surface area contributed by atoms with Crippen LogP contribution in [0.15, 0.2) is 71.1 Å². The fourth-order valence-corrected chi connectivity index (χ4v) is 2.80. The van der Waals surface area contributed by atoms with Gasteiger partial charge in [-0.1, -0.05) is 12.1 Å². The molecule has 0 radical (unpaired) electrons. The van der Waals surface area contributed by atoms with E-state index in [-0.39, 0.29) is 11.6 Å². The molecular formula is C21H16FN3O3. The molecule has 0 aliphatic rings. The fraction of sp³-hybridized carbons (Fsp3) is 0.0476. The second-order valence-electron chi connectivity index (χ2n) is 5.99. The Morgan fingerprint density at radius 2 is 1.89 bits per heavy atom. The van der Waals surface area contributed by atoms with Crippen LogP contribution < -0.4 is 10.1 Å².